The number of thiocarbonyl (C=S) groups is 1. The van der Waals surface area contributed by atoms with E-state index in [1.54, 1.807) is 38.4 Å². The Morgan fingerprint density at radius 2 is 2.00 bits per heavy atom. The monoisotopic (exact) mass is 566 g/mol. The molecule has 1 fully saturated rings. The smallest absolute Gasteiger partial charge is 0.224 e. The van der Waals surface area contributed by atoms with E-state index < -0.39 is 0 Å². The first kappa shape index (κ1) is 26.0. The molecule has 2 atom stereocenters. The molecule has 38 heavy (non-hydrogen) atoms. The number of methoxy groups -OCH3 is 1. The van der Waals surface area contributed by atoms with Crippen molar-refractivity contribution >= 4 is 57.8 Å². The van der Waals surface area contributed by atoms with Crippen molar-refractivity contribution in [2.75, 3.05) is 17.3 Å². The Labute approximate surface area is 235 Å². The number of carbonyl (C=O) groups is 1. The van der Waals surface area contributed by atoms with Gasteiger partial charge in [-0.25, -0.2) is 0 Å². The number of aromatic nitrogens is 1. The highest BCUT2D eigenvalue weighted by Crippen LogP contribution is 2.45. The summed E-state index contributed by atoms with van der Waals surface area (Å²) in [6, 6.07) is 19.7. The Bertz CT molecular complexity index is 1490. The number of furan rings is 1. The van der Waals surface area contributed by atoms with Crippen LogP contribution in [0.4, 0.5) is 11.4 Å². The number of nitrogens with zero attached hydrogens (tertiary/aromatic N) is 2. The van der Waals surface area contributed by atoms with Gasteiger partial charge < -0.3 is 24.7 Å². The van der Waals surface area contributed by atoms with Crippen LogP contribution in [0.3, 0.4) is 0 Å². The van der Waals surface area contributed by atoms with Gasteiger partial charge in [-0.3, -0.25) is 9.78 Å². The van der Waals surface area contributed by atoms with Crippen molar-refractivity contribution in [2.45, 2.75) is 25.4 Å². The minimum absolute atomic E-state index is 0.105. The van der Waals surface area contributed by atoms with E-state index in [2.05, 4.69) is 15.6 Å². The number of hydrogen-bond donors (Lipinski definition) is 2. The van der Waals surface area contributed by atoms with Crippen molar-refractivity contribution in [3.63, 3.8) is 0 Å². The highest BCUT2D eigenvalue weighted by Gasteiger charge is 2.43. The van der Waals surface area contributed by atoms with E-state index >= 15 is 0 Å². The van der Waals surface area contributed by atoms with E-state index in [0.29, 0.717) is 44.5 Å². The maximum Gasteiger partial charge on any atom is 0.224 e. The summed E-state index contributed by atoms with van der Waals surface area (Å²) in [6.07, 6.45) is 2.10. The molecule has 0 saturated carbocycles. The van der Waals surface area contributed by atoms with Gasteiger partial charge in [-0.1, -0.05) is 36.2 Å². The summed E-state index contributed by atoms with van der Waals surface area (Å²) in [5, 5.41) is 7.81. The molecule has 1 aliphatic rings. The summed E-state index contributed by atoms with van der Waals surface area (Å²) in [7, 11) is 1.56. The van der Waals surface area contributed by atoms with Crippen LogP contribution in [0, 0.1) is 0 Å². The summed E-state index contributed by atoms with van der Waals surface area (Å²) < 4.78 is 12.0. The van der Waals surface area contributed by atoms with E-state index in [1.807, 2.05) is 53.4 Å². The lowest BCUT2D eigenvalue weighted by atomic mass is 10.0. The molecular formula is C28H24Cl2N4O3S. The number of carbonyl (C=O) groups excluding carboxylic acids is 1. The molecule has 10 heteroatoms. The molecule has 194 valence electrons. The van der Waals surface area contributed by atoms with Gasteiger partial charge in [-0.2, -0.15) is 0 Å². The number of ether oxygens (including phenoxy) is 1. The molecule has 7 nitrogen and oxygen atoms in total. The van der Waals surface area contributed by atoms with E-state index in [0.717, 1.165) is 16.9 Å². The van der Waals surface area contributed by atoms with Crippen molar-refractivity contribution in [2.24, 2.45) is 0 Å². The van der Waals surface area contributed by atoms with Gasteiger partial charge >= 0.3 is 0 Å². The number of hydrogen-bond acceptors (Lipinski definition) is 5. The highest BCUT2D eigenvalue weighted by molar-refractivity contribution is 7.80. The maximum atomic E-state index is 12.0. The number of nitrogens with one attached hydrogen (secondary N) is 2. The molecule has 2 N–H and O–H groups in total. The molecule has 4 aromatic rings. The topological polar surface area (TPSA) is 79.6 Å². The largest absolute Gasteiger partial charge is 0.494 e. The Morgan fingerprint density at radius 3 is 2.71 bits per heavy atom. The third-order valence-corrected chi connectivity index (χ3v) is 7.13. The van der Waals surface area contributed by atoms with Crippen LogP contribution < -0.4 is 20.3 Å². The molecule has 0 aliphatic carbocycles. The minimum Gasteiger partial charge on any atom is -0.494 e. The molecule has 1 amide bonds. The van der Waals surface area contributed by atoms with Gasteiger partial charge in [0.1, 0.15) is 23.3 Å². The second-order valence-corrected chi connectivity index (χ2v) is 9.84. The van der Waals surface area contributed by atoms with Crippen LogP contribution >= 0.6 is 35.4 Å². The minimum atomic E-state index is -0.377. The SMILES string of the molecule is CCC(=O)Nc1ccc(N2C(=S)N[C@@H](c3ccccn3)[C@@H]2c2ccc(-c3ccc(Cl)cc3Cl)o2)cc1OC. The number of pyridine rings is 1. The van der Waals surface area contributed by atoms with Crippen molar-refractivity contribution in [3.05, 3.63) is 94.4 Å². The van der Waals surface area contributed by atoms with Crippen molar-refractivity contribution in [1.29, 1.82) is 0 Å². The Hall–Kier alpha value is -3.59. The fourth-order valence-electron chi connectivity index (χ4n) is 4.44. The Morgan fingerprint density at radius 1 is 1.16 bits per heavy atom. The van der Waals surface area contributed by atoms with E-state index in [1.165, 1.54) is 0 Å². The van der Waals surface area contributed by atoms with Gasteiger partial charge in [0.15, 0.2) is 5.11 Å². The first-order valence-corrected chi connectivity index (χ1v) is 13.1. The summed E-state index contributed by atoms with van der Waals surface area (Å²) >= 11 is 18.4. The third-order valence-electron chi connectivity index (χ3n) is 6.27. The predicted molar refractivity (Wildman–Crippen MR) is 154 cm³/mol. The zero-order valence-corrected chi connectivity index (χ0v) is 22.9. The standard InChI is InChI=1S/C28H24Cl2N4O3S/c1-3-25(35)32-20-10-8-17(15-24(20)36-2)34-27(26(33-28(34)38)21-6-4-5-13-31-21)23-12-11-22(37-23)18-9-7-16(29)14-19(18)30/h4-15,26-27H,3H2,1-2H3,(H,32,35)(H,33,38)/t26-,27-/m0/s1. The molecule has 1 aliphatic heterocycles. The maximum absolute atomic E-state index is 12.0. The van der Waals surface area contributed by atoms with Gasteiger partial charge in [0, 0.05) is 35.0 Å². The summed E-state index contributed by atoms with van der Waals surface area (Å²) in [4.78, 5) is 18.5. The third kappa shape index (κ3) is 5.07. The predicted octanol–water partition coefficient (Wildman–Crippen LogP) is 7.18. The second kappa shape index (κ2) is 11.0. The van der Waals surface area contributed by atoms with Crippen molar-refractivity contribution in [3.8, 4) is 17.1 Å². The highest BCUT2D eigenvalue weighted by atomic mass is 35.5. The van der Waals surface area contributed by atoms with Crippen LogP contribution in [-0.4, -0.2) is 23.1 Å². The first-order valence-electron chi connectivity index (χ1n) is 11.9. The van der Waals surface area contributed by atoms with E-state index in [4.69, 9.17) is 44.6 Å². The molecule has 0 radical (unpaired) electrons. The molecule has 3 heterocycles. The van der Waals surface area contributed by atoms with Gasteiger partial charge in [0.05, 0.1) is 29.6 Å². The van der Waals surface area contributed by atoms with Crippen LogP contribution in [0.1, 0.15) is 36.9 Å². The lowest BCUT2D eigenvalue weighted by Crippen LogP contribution is -2.29. The number of halogens is 2. The van der Waals surface area contributed by atoms with Crippen molar-refractivity contribution in [1.82, 2.24) is 10.3 Å². The normalized spacial score (nSPS) is 16.8. The van der Waals surface area contributed by atoms with Gasteiger partial charge in [-0.05, 0) is 66.8 Å². The average molecular weight is 567 g/mol. The number of amides is 1. The van der Waals surface area contributed by atoms with Crippen LogP contribution in [0.2, 0.25) is 10.0 Å². The van der Waals surface area contributed by atoms with Gasteiger partial charge in [0.2, 0.25) is 5.91 Å². The number of benzene rings is 2. The zero-order chi connectivity index (χ0) is 26.8. The average Bonchev–Trinajstić information content (AvgIpc) is 3.54. The number of rotatable bonds is 7. The zero-order valence-electron chi connectivity index (χ0n) is 20.6. The quantitative estimate of drug-likeness (QED) is 0.229. The summed E-state index contributed by atoms with van der Waals surface area (Å²) in [5.74, 6) is 1.68. The van der Waals surface area contributed by atoms with E-state index in [9.17, 15) is 4.79 Å². The second-order valence-electron chi connectivity index (χ2n) is 8.61. The van der Waals surface area contributed by atoms with Crippen LogP contribution in [0.5, 0.6) is 5.75 Å². The first-order chi connectivity index (χ1) is 18.4. The Balaban J connectivity index is 1.58. The molecular weight excluding hydrogens is 543 g/mol. The molecule has 0 bridgehead atoms. The van der Waals surface area contributed by atoms with Gasteiger partial charge in [0.25, 0.3) is 0 Å². The Kier molecular flexibility index (Phi) is 7.56. The molecule has 2 aromatic heterocycles. The lowest BCUT2D eigenvalue weighted by molar-refractivity contribution is -0.115. The van der Waals surface area contributed by atoms with Crippen LogP contribution in [0.15, 0.2) is 77.3 Å². The number of anilines is 2. The molecule has 5 rings (SSSR count). The van der Waals surface area contributed by atoms with Crippen LogP contribution in [-0.2, 0) is 4.79 Å². The summed E-state index contributed by atoms with van der Waals surface area (Å²) in [6.45, 7) is 1.79. The summed E-state index contributed by atoms with van der Waals surface area (Å²) in [5.41, 5.74) is 2.88. The molecule has 0 spiro atoms. The van der Waals surface area contributed by atoms with Gasteiger partial charge in [-0.15, -0.1) is 0 Å². The fourth-order valence-corrected chi connectivity index (χ4v) is 5.29. The molecule has 0 unspecified atom stereocenters. The van der Waals surface area contributed by atoms with E-state index in [-0.39, 0.29) is 18.0 Å². The molecule has 1 saturated heterocycles. The fraction of sp³-hybridized carbons (Fsp3) is 0.179. The lowest BCUT2D eigenvalue weighted by Gasteiger charge is -2.27. The van der Waals surface area contributed by atoms with Crippen LogP contribution in [0.25, 0.3) is 11.3 Å². The molecule has 2 aromatic carbocycles. The van der Waals surface area contributed by atoms with Crippen molar-refractivity contribution < 1.29 is 13.9 Å².